The number of pyridine rings is 1. The molecular weight excluding hydrogens is 266 g/mol. The molecule has 19 heavy (non-hydrogen) atoms. The van der Waals surface area contributed by atoms with E-state index >= 15 is 0 Å². The highest BCUT2D eigenvalue weighted by atomic mass is 35.5. The van der Waals surface area contributed by atoms with E-state index in [0.717, 1.165) is 5.56 Å². The van der Waals surface area contributed by atoms with Crippen molar-refractivity contribution in [3.05, 3.63) is 62.8 Å². The third kappa shape index (κ3) is 3.42. The number of rotatable bonds is 4. The smallest absolute Gasteiger partial charge is 0.290 e. The number of halogens is 1. The number of nitrogens with one attached hydrogen (secondary N) is 1. The molecule has 2 aromatic rings. The third-order valence-corrected chi connectivity index (χ3v) is 2.92. The summed E-state index contributed by atoms with van der Waals surface area (Å²) in [5, 5.41) is 14.5. The molecule has 0 bridgehead atoms. The second-order valence-corrected chi connectivity index (χ2v) is 4.53. The zero-order valence-corrected chi connectivity index (χ0v) is 11.0. The number of hydrogen-bond donors (Lipinski definition) is 1. The van der Waals surface area contributed by atoms with E-state index < -0.39 is 4.92 Å². The number of anilines is 1. The standard InChI is InChI=1S/C13H12ClN3O2/c1-9-6-13(16-8-12(9)17(18)19)15-7-10-2-4-11(14)5-3-10/h2-6,8H,7H2,1H3,(H,15,16). The molecule has 0 radical (unpaired) electrons. The summed E-state index contributed by atoms with van der Waals surface area (Å²) in [7, 11) is 0. The zero-order valence-electron chi connectivity index (χ0n) is 10.3. The first kappa shape index (κ1) is 13.3. The van der Waals surface area contributed by atoms with Crippen molar-refractivity contribution < 1.29 is 4.92 Å². The first-order valence-corrected chi connectivity index (χ1v) is 6.03. The van der Waals surface area contributed by atoms with Gasteiger partial charge in [-0.25, -0.2) is 4.98 Å². The summed E-state index contributed by atoms with van der Waals surface area (Å²) in [6.45, 7) is 2.27. The fourth-order valence-electron chi connectivity index (χ4n) is 1.63. The highest BCUT2D eigenvalue weighted by Crippen LogP contribution is 2.19. The minimum atomic E-state index is -0.439. The van der Waals surface area contributed by atoms with Crippen LogP contribution in [0.3, 0.4) is 0 Å². The number of hydrogen-bond acceptors (Lipinski definition) is 4. The SMILES string of the molecule is Cc1cc(NCc2ccc(Cl)cc2)ncc1[N+](=O)[O-]. The van der Waals surface area contributed by atoms with Crippen LogP contribution in [0.2, 0.25) is 5.02 Å². The molecule has 0 aliphatic rings. The normalized spacial score (nSPS) is 10.2. The fourth-order valence-corrected chi connectivity index (χ4v) is 1.76. The molecule has 1 N–H and O–H groups in total. The van der Waals surface area contributed by atoms with Gasteiger partial charge in [-0.2, -0.15) is 0 Å². The maximum atomic E-state index is 10.7. The quantitative estimate of drug-likeness (QED) is 0.685. The first-order valence-electron chi connectivity index (χ1n) is 5.65. The van der Waals surface area contributed by atoms with Gasteiger partial charge in [0.15, 0.2) is 0 Å². The molecule has 5 nitrogen and oxygen atoms in total. The summed E-state index contributed by atoms with van der Waals surface area (Å²) in [5.41, 5.74) is 1.66. The van der Waals surface area contributed by atoms with Crippen LogP contribution in [0.1, 0.15) is 11.1 Å². The minimum absolute atomic E-state index is 0.0250. The van der Waals surface area contributed by atoms with Crippen molar-refractivity contribution in [2.75, 3.05) is 5.32 Å². The van der Waals surface area contributed by atoms with Crippen LogP contribution in [0.4, 0.5) is 11.5 Å². The monoisotopic (exact) mass is 277 g/mol. The highest BCUT2D eigenvalue weighted by Gasteiger charge is 2.11. The molecule has 98 valence electrons. The van der Waals surface area contributed by atoms with Crippen molar-refractivity contribution in [2.24, 2.45) is 0 Å². The van der Waals surface area contributed by atoms with Crippen molar-refractivity contribution in [1.82, 2.24) is 4.98 Å². The van der Waals surface area contributed by atoms with Crippen molar-refractivity contribution >= 4 is 23.1 Å². The largest absolute Gasteiger partial charge is 0.366 e. The Bertz CT molecular complexity index is 599. The van der Waals surface area contributed by atoms with Gasteiger partial charge >= 0.3 is 0 Å². The van der Waals surface area contributed by atoms with Crippen molar-refractivity contribution in [3.63, 3.8) is 0 Å². The molecule has 1 aromatic heterocycles. The molecule has 0 atom stereocenters. The molecule has 6 heteroatoms. The summed E-state index contributed by atoms with van der Waals surface area (Å²) in [4.78, 5) is 14.3. The topological polar surface area (TPSA) is 68.1 Å². The van der Waals surface area contributed by atoms with E-state index in [1.165, 1.54) is 6.20 Å². The number of nitrogens with zero attached hydrogens (tertiary/aromatic N) is 2. The lowest BCUT2D eigenvalue weighted by atomic mass is 10.2. The number of aromatic nitrogens is 1. The van der Waals surface area contributed by atoms with Gasteiger partial charge in [0, 0.05) is 17.1 Å². The van der Waals surface area contributed by atoms with E-state index in [4.69, 9.17) is 11.6 Å². The second-order valence-electron chi connectivity index (χ2n) is 4.09. The lowest BCUT2D eigenvalue weighted by Gasteiger charge is -2.06. The average molecular weight is 278 g/mol. The van der Waals surface area contributed by atoms with E-state index in [-0.39, 0.29) is 5.69 Å². The Morgan fingerprint density at radius 2 is 2.05 bits per heavy atom. The van der Waals surface area contributed by atoms with Crippen LogP contribution in [0.5, 0.6) is 0 Å². The predicted octanol–water partition coefficient (Wildman–Crippen LogP) is 3.56. The van der Waals surface area contributed by atoms with Gasteiger partial charge in [-0.3, -0.25) is 10.1 Å². The van der Waals surface area contributed by atoms with Gasteiger partial charge in [-0.05, 0) is 30.7 Å². The highest BCUT2D eigenvalue weighted by molar-refractivity contribution is 6.30. The molecule has 0 unspecified atom stereocenters. The molecule has 0 amide bonds. The Kier molecular flexibility index (Phi) is 3.97. The molecule has 0 aliphatic carbocycles. The summed E-state index contributed by atoms with van der Waals surface area (Å²) in [6.07, 6.45) is 1.26. The van der Waals surface area contributed by atoms with Gasteiger partial charge in [-0.15, -0.1) is 0 Å². The van der Waals surface area contributed by atoms with Gasteiger partial charge in [0.1, 0.15) is 12.0 Å². The number of aryl methyl sites for hydroxylation is 1. The van der Waals surface area contributed by atoms with Gasteiger partial charge in [-0.1, -0.05) is 23.7 Å². The van der Waals surface area contributed by atoms with Crippen molar-refractivity contribution in [1.29, 1.82) is 0 Å². The fraction of sp³-hybridized carbons (Fsp3) is 0.154. The average Bonchev–Trinajstić information content (AvgIpc) is 2.37. The van der Waals surface area contributed by atoms with E-state index in [2.05, 4.69) is 10.3 Å². The molecule has 0 spiro atoms. The molecular formula is C13H12ClN3O2. The summed E-state index contributed by atoms with van der Waals surface area (Å²) in [6, 6.07) is 9.11. The second kappa shape index (κ2) is 5.67. The maximum absolute atomic E-state index is 10.7. The molecule has 0 saturated heterocycles. The zero-order chi connectivity index (χ0) is 13.8. The Morgan fingerprint density at radius 3 is 2.63 bits per heavy atom. The molecule has 1 aromatic carbocycles. The van der Waals surface area contributed by atoms with Gasteiger partial charge < -0.3 is 5.32 Å². The Morgan fingerprint density at radius 1 is 1.37 bits per heavy atom. The van der Waals surface area contributed by atoms with Crippen LogP contribution in [0.25, 0.3) is 0 Å². The van der Waals surface area contributed by atoms with E-state index in [0.29, 0.717) is 22.9 Å². The minimum Gasteiger partial charge on any atom is -0.366 e. The molecule has 2 rings (SSSR count). The van der Waals surface area contributed by atoms with Crippen molar-refractivity contribution in [2.45, 2.75) is 13.5 Å². The lowest BCUT2D eigenvalue weighted by molar-refractivity contribution is -0.385. The summed E-state index contributed by atoms with van der Waals surface area (Å²) >= 11 is 5.80. The van der Waals surface area contributed by atoms with Crippen LogP contribution in [0.15, 0.2) is 36.5 Å². The number of nitro groups is 1. The molecule has 1 heterocycles. The van der Waals surface area contributed by atoms with Crippen LogP contribution in [-0.4, -0.2) is 9.91 Å². The lowest BCUT2D eigenvalue weighted by Crippen LogP contribution is -2.02. The van der Waals surface area contributed by atoms with Gasteiger partial charge in [0.05, 0.1) is 4.92 Å². The third-order valence-electron chi connectivity index (χ3n) is 2.67. The summed E-state index contributed by atoms with van der Waals surface area (Å²) < 4.78 is 0. The number of benzene rings is 1. The maximum Gasteiger partial charge on any atom is 0.290 e. The van der Waals surface area contributed by atoms with E-state index in [1.807, 2.05) is 24.3 Å². The molecule has 0 aliphatic heterocycles. The van der Waals surface area contributed by atoms with Gasteiger partial charge in [0.25, 0.3) is 5.69 Å². The summed E-state index contributed by atoms with van der Waals surface area (Å²) in [5.74, 6) is 0.609. The Labute approximate surface area is 115 Å². The van der Waals surface area contributed by atoms with Gasteiger partial charge in [0.2, 0.25) is 0 Å². The van der Waals surface area contributed by atoms with Crippen LogP contribution >= 0.6 is 11.6 Å². The Hall–Kier alpha value is -2.14. The van der Waals surface area contributed by atoms with Crippen LogP contribution in [0, 0.1) is 17.0 Å². The Balaban J connectivity index is 2.06. The van der Waals surface area contributed by atoms with Crippen LogP contribution in [-0.2, 0) is 6.54 Å². The van der Waals surface area contributed by atoms with Crippen molar-refractivity contribution in [3.8, 4) is 0 Å². The first-order chi connectivity index (χ1) is 9.06. The van der Waals surface area contributed by atoms with E-state index in [1.54, 1.807) is 13.0 Å². The van der Waals surface area contributed by atoms with Crippen LogP contribution < -0.4 is 5.32 Å². The molecule has 0 saturated carbocycles. The molecule has 0 fully saturated rings. The van der Waals surface area contributed by atoms with E-state index in [9.17, 15) is 10.1 Å². The predicted molar refractivity (Wildman–Crippen MR) is 74.4 cm³/mol.